The second-order valence-corrected chi connectivity index (χ2v) is 7.30. The molecule has 7 nitrogen and oxygen atoms in total. The number of carbonyl (C=O) groups excluding carboxylic acids is 2. The van der Waals surface area contributed by atoms with E-state index in [2.05, 4.69) is 10.6 Å². The monoisotopic (exact) mass is 404 g/mol. The Morgan fingerprint density at radius 1 is 1.10 bits per heavy atom. The van der Waals surface area contributed by atoms with Gasteiger partial charge in [-0.05, 0) is 50.6 Å². The molecular weight excluding hydrogens is 379 g/mol. The summed E-state index contributed by atoms with van der Waals surface area (Å²) in [6, 6.07) is 11.5. The van der Waals surface area contributed by atoms with E-state index in [0.717, 1.165) is 5.56 Å². The molecule has 0 saturated heterocycles. The molecule has 3 N–H and O–H groups in total. The summed E-state index contributed by atoms with van der Waals surface area (Å²) >= 11 is 0. The fraction of sp³-hybridized carbons (Fsp3) is 0.333. The Kier molecular flexibility index (Phi) is 7.55. The van der Waals surface area contributed by atoms with Crippen molar-refractivity contribution >= 4 is 12.0 Å². The number of carbonyl (C=O) groups is 2. The summed E-state index contributed by atoms with van der Waals surface area (Å²) in [5.41, 5.74) is 0.0644. The van der Waals surface area contributed by atoms with Crippen LogP contribution in [0.15, 0.2) is 48.5 Å². The molecule has 156 valence electrons. The number of halogens is 1. The van der Waals surface area contributed by atoms with Gasteiger partial charge >= 0.3 is 6.09 Å². The largest absolute Gasteiger partial charge is 0.457 e. The molecule has 2 aromatic carbocycles. The van der Waals surface area contributed by atoms with E-state index in [4.69, 9.17) is 9.47 Å². The molecule has 0 aliphatic rings. The second kappa shape index (κ2) is 9.88. The summed E-state index contributed by atoms with van der Waals surface area (Å²) in [7, 11) is 0. The zero-order chi connectivity index (χ0) is 21.4. The molecule has 0 heterocycles. The van der Waals surface area contributed by atoms with Crippen LogP contribution in [0, 0.1) is 5.82 Å². The lowest BCUT2D eigenvalue weighted by molar-refractivity contribution is -0.124. The molecule has 1 atom stereocenters. The Morgan fingerprint density at radius 3 is 2.38 bits per heavy atom. The number of benzene rings is 2. The van der Waals surface area contributed by atoms with Crippen LogP contribution in [0.5, 0.6) is 11.5 Å². The third kappa shape index (κ3) is 7.79. The highest BCUT2D eigenvalue weighted by Gasteiger charge is 2.23. The maximum Gasteiger partial charge on any atom is 0.408 e. The third-order valence-corrected chi connectivity index (χ3v) is 3.61. The van der Waals surface area contributed by atoms with Crippen LogP contribution in [0.1, 0.15) is 26.3 Å². The van der Waals surface area contributed by atoms with E-state index in [1.54, 1.807) is 57.2 Å². The SMILES string of the molecule is CC(C)(C)OC(=O)N[C@H](CO)C(=O)NCc1ccc(Oc2cccc(F)c2)cc1. The van der Waals surface area contributed by atoms with Crippen LogP contribution in [0.4, 0.5) is 9.18 Å². The zero-order valence-corrected chi connectivity index (χ0v) is 16.6. The number of ether oxygens (including phenoxy) is 2. The maximum absolute atomic E-state index is 13.2. The molecule has 8 heteroatoms. The van der Waals surface area contributed by atoms with Gasteiger partial charge in [0.15, 0.2) is 0 Å². The predicted molar refractivity (Wildman–Crippen MR) is 105 cm³/mol. The normalized spacial score (nSPS) is 12.0. The third-order valence-electron chi connectivity index (χ3n) is 3.61. The van der Waals surface area contributed by atoms with Crippen molar-refractivity contribution in [2.75, 3.05) is 6.61 Å². The summed E-state index contributed by atoms with van der Waals surface area (Å²) in [6.07, 6.45) is -0.787. The standard InChI is InChI=1S/C21H25FN2O5/c1-21(2,3)29-20(27)24-18(13-25)19(26)23-12-14-7-9-16(10-8-14)28-17-6-4-5-15(22)11-17/h4-11,18,25H,12-13H2,1-3H3,(H,23,26)(H,24,27)/t18-/m1/s1. The number of rotatable bonds is 7. The molecule has 0 fully saturated rings. The molecule has 2 amide bonds. The molecule has 0 bridgehead atoms. The number of hydrogen-bond donors (Lipinski definition) is 3. The number of alkyl carbamates (subject to hydrolysis) is 1. The van der Waals surface area contributed by atoms with Crippen LogP contribution >= 0.6 is 0 Å². The van der Waals surface area contributed by atoms with Gasteiger partial charge in [-0.25, -0.2) is 9.18 Å². The van der Waals surface area contributed by atoms with Crippen LogP contribution in [0.2, 0.25) is 0 Å². The molecule has 29 heavy (non-hydrogen) atoms. The Balaban J connectivity index is 1.86. The summed E-state index contributed by atoms with van der Waals surface area (Å²) in [4.78, 5) is 23.9. The maximum atomic E-state index is 13.2. The van der Waals surface area contributed by atoms with E-state index in [9.17, 15) is 19.1 Å². The highest BCUT2D eigenvalue weighted by molar-refractivity contribution is 5.85. The molecular formula is C21H25FN2O5. The van der Waals surface area contributed by atoms with E-state index in [1.165, 1.54) is 12.1 Å². The van der Waals surface area contributed by atoms with Gasteiger partial charge in [0.1, 0.15) is 29.0 Å². The van der Waals surface area contributed by atoms with Crippen LogP contribution in [0.25, 0.3) is 0 Å². The van der Waals surface area contributed by atoms with Gasteiger partial charge in [-0.3, -0.25) is 4.79 Å². The van der Waals surface area contributed by atoms with E-state index in [-0.39, 0.29) is 12.4 Å². The lowest BCUT2D eigenvalue weighted by Gasteiger charge is -2.22. The molecule has 0 saturated carbocycles. The Morgan fingerprint density at radius 2 is 1.79 bits per heavy atom. The van der Waals surface area contributed by atoms with Crippen molar-refractivity contribution in [1.29, 1.82) is 0 Å². The van der Waals surface area contributed by atoms with Crippen LogP contribution in [0.3, 0.4) is 0 Å². The Labute approximate surface area is 168 Å². The van der Waals surface area contributed by atoms with E-state index < -0.39 is 30.3 Å². The fourth-order valence-corrected chi connectivity index (χ4v) is 2.30. The van der Waals surface area contributed by atoms with Crippen LogP contribution in [-0.2, 0) is 16.1 Å². The molecule has 0 unspecified atom stereocenters. The van der Waals surface area contributed by atoms with Gasteiger partial charge in [-0.1, -0.05) is 18.2 Å². The number of amides is 2. The minimum absolute atomic E-state index is 0.186. The minimum atomic E-state index is -1.12. The van der Waals surface area contributed by atoms with E-state index >= 15 is 0 Å². The summed E-state index contributed by atoms with van der Waals surface area (Å²) < 4.78 is 23.8. The van der Waals surface area contributed by atoms with Crippen molar-refractivity contribution in [2.24, 2.45) is 0 Å². The van der Waals surface area contributed by atoms with E-state index in [0.29, 0.717) is 11.5 Å². The lowest BCUT2D eigenvalue weighted by Crippen LogP contribution is -2.49. The Hall–Kier alpha value is -3.13. The predicted octanol–water partition coefficient (Wildman–Crippen LogP) is 3.12. The second-order valence-electron chi connectivity index (χ2n) is 7.30. The highest BCUT2D eigenvalue weighted by Crippen LogP contribution is 2.22. The van der Waals surface area contributed by atoms with E-state index in [1.807, 2.05) is 0 Å². The smallest absolute Gasteiger partial charge is 0.408 e. The van der Waals surface area contributed by atoms with Crippen molar-refractivity contribution in [1.82, 2.24) is 10.6 Å². The summed E-state index contributed by atoms with van der Waals surface area (Å²) in [6.45, 7) is 4.71. The molecule has 0 aliphatic carbocycles. The topological polar surface area (TPSA) is 96.9 Å². The molecule has 0 spiro atoms. The van der Waals surface area contributed by atoms with Crippen molar-refractivity contribution in [3.8, 4) is 11.5 Å². The molecule has 0 aromatic heterocycles. The van der Waals surface area contributed by atoms with Crippen molar-refractivity contribution < 1.29 is 28.6 Å². The average Bonchev–Trinajstić information content (AvgIpc) is 2.64. The fourth-order valence-electron chi connectivity index (χ4n) is 2.30. The quantitative estimate of drug-likeness (QED) is 0.659. The van der Waals surface area contributed by atoms with Crippen LogP contribution < -0.4 is 15.4 Å². The van der Waals surface area contributed by atoms with Gasteiger partial charge in [-0.2, -0.15) is 0 Å². The van der Waals surface area contributed by atoms with Crippen molar-refractivity contribution in [3.05, 3.63) is 59.9 Å². The average molecular weight is 404 g/mol. The minimum Gasteiger partial charge on any atom is -0.457 e. The first kappa shape index (κ1) is 22.2. The number of hydrogen-bond acceptors (Lipinski definition) is 5. The molecule has 2 rings (SSSR count). The van der Waals surface area contributed by atoms with Gasteiger partial charge in [0.05, 0.1) is 6.61 Å². The number of nitrogens with one attached hydrogen (secondary N) is 2. The van der Waals surface area contributed by atoms with Gasteiger partial charge in [-0.15, -0.1) is 0 Å². The van der Waals surface area contributed by atoms with Crippen LogP contribution in [-0.4, -0.2) is 35.4 Å². The summed E-state index contributed by atoms with van der Waals surface area (Å²) in [5.74, 6) is -0.0331. The van der Waals surface area contributed by atoms with Gasteiger partial charge < -0.3 is 25.2 Å². The first-order chi connectivity index (χ1) is 13.7. The van der Waals surface area contributed by atoms with Gasteiger partial charge in [0.25, 0.3) is 0 Å². The molecule has 0 aliphatic heterocycles. The summed E-state index contributed by atoms with van der Waals surface area (Å²) in [5, 5.41) is 14.3. The lowest BCUT2D eigenvalue weighted by atomic mass is 10.2. The van der Waals surface area contributed by atoms with Gasteiger partial charge in [0.2, 0.25) is 5.91 Å². The van der Waals surface area contributed by atoms with Gasteiger partial charge in [0, 0.05) is 12.6 Å². The number of aliphatic hydroxyl groups is 1. The number of aliphatic hydroxyl groups excluding tert-OH is 1. The highest BCUT2D eigenvalue weighted by atomic mass is 19.1. The zero-order valence-electron chi connectivity index (χ0n) is 16.6. The Bertz CT molecular complexity index is 834. The van der Waals surface area contributed by atoms with Crippen molar-refractivity contribution in [2.45, 2.75) is 39.0 Å². The molecule has 2 aromatic rings. The first-order valence-corrected chi connectivity index (χ1v) is 9.07. The van der Waals surface area contributed by atoms with Crippen molar-refractivity contribution in [3.63, 3.8) is 0 Å². The first-order valence-electron chi connectivity index (χ1n) is 9.07. The molecule has 0 radical (unpaired) electrons.